The van der Waals surface area contributed by atoms with E-state index in [2.05, 4.69) is 62.1 Å². The number of rotatable bonds is 3. The van der Waals surface area contributed by atoms with Gasteiger partial charge in [-0.15, -0.1) is 11.3 Å². The normalized spacial score (nSPS) is 12.8. The average molecular weight is 234 g/mol. The third kappa shape index (κ3) is 2.14. The number of nitrogens with zero attached hydrogens (tertiary/aromatic N) is 1. The van der Waals surface area contributed by atoms with Crippen LogP contribution in [-0.2, 0) is 0 Å². The minimum atomic E-state index is 0.350. The molecule has 2 heterocycles. The quantitative estimate of drug-likeness (QED) is 0.855. The van der Waals surface area contributed by atoms with Crippen LogP contribution in [0.25, 0.3) is 0 Å². The number of hydrogen-bond donors (Lipinski definition) is 1. The number of aromatic nitrogens is 1. The Labute approximate surface area is 101 Å². The van der Waals surface area contributed by atoms with E-state index in [9.17, 15) is 0 Å². The standard InChI is InChI=1S/C13H18N2S/c1-9-5-6-10(2)15(9)14-12(4)13-8-7-11(3)16-13/h5-8,12,14H,1-4H3. The van der Waals surface area contributed by atoms with E-state index in [1.54, 1.807) is 0 Å². The summed E-state index contributed by atoms with van der Waals surface area (Å²) in [6.45, 7) is 8.58. The lowest BCUT2D eigenvalue weighted by Gasteiger charge is -2.18. The number of hydrogen-bond acceptors (Lipinski definition) is 2. The lowest BCUT2D eigenvalue weighted by Crippen LogP contribution is -2.20. The first-order chi connectivity index (χ1) is 7.58. The third-order valence-electron chi connectivity index (χ3n) is 2.78. The first kappa shape index (κ1) is 11.3. The topological polar surface area (TPSA) is 17.0 Å². The van der Waals surface area contributed by atoms with Crippen molar-refractivity contribution in [3.05, 3.63) is 45.4 Å². The van der Waals surface area contributed by atoms with Crippen LogP contribution < -0.4 is 5.43 Å². The largest absolute Gasteiger partial charge is 0.318 e. The van der Waals surface area contributed by atoms with Crippen LogP contribution in [0.5, 0.6) is 0 Å². The molecule has 2 aromatic rings. The lowest BCUT2D eigenvalue weighted by molar-refractivity contribution is 0.708. The van der Waals surface area contributed by atoms with Crippen LogP contribution in [0.3, 0.4) is 0 Å². The number of aryl methyl sites for hydroxylation is 3. The molecule has 0 aliphatic rings. The SMILES string of the molecule is Cc1ccc(C(C)Nn2c(C)ccc2C)s1. The summed E-state index contributed by atoms with van der Waals surface area (Å²) in [6.07, 6.45) is 0. The predicted octanol–water partition coefficient (Wildman–Crippen LogP) is 3.78. The van der Waals surface area contributed by atoms with Crippen molar-refractivity contribution in [1.29, 1.82) is 0 Å². The highest BCUT2D eigenvalue weighted by atomic mass is 32.1. The molecule has 0 aliphatic carbocycles. The van der Waals surface area contributed by atoms with E-state index >= 15 is 0 Å². The lowest BCUT2D eigenvalue weighted by atomic mass is 10.3. The predicted molar refractivity (Wildman–Crippen MR) is 70.7 cm³/mol. The van der Waals surface area contributed by atoms with Crippen molar-refractivity contribution in [2.45, 2.75) is 33.7 Å². The summed E-state index contributed by atoms with van der Waals surface area (Å²) in [6, 6.07) is 8.99. The van der Waals surface area contributed by atoms with Gasteiger partial charge in [0.25, 0.3) is 0 Å². The van der Waals surface area contributed by atoms with Crippen molar-refractivity contribution in [1.82, 2.24) is 4.68 Å². The zero-order valence-electron chi connectivity index (χ0n) is 10.2. The van der Waals surface area contributed by atoms with Gasteiger partial charge in [0, 0.05) is 21.1 Å². The summed E-state index contributed by atoms with van der Waals surface area (Å²) >= 11 is 1.85. The minimum absolute atomic E-state index is 0.350. The second kappa shape index (κ2) is 4.34. The van der Waals surface area contributed by atoms with Crippen LogP contribution in [-0.4, -0.2) is 4.68 Å². The highest BCUT2D eigenvalue weighted by molar-refractivity contribution is 7.12. The summed E-state index contributed by atoms with van der Waals surface area (Å²) in [5.41, 5.74) is 6.01. The minimum Gasteiger partial charge on any atom is -0.318 e. The second-order valence-corrected chi connectivity index (χ2v) is 5.57. The fourth-order valence-electron chi connectivity index (χ4n) is 1.82. The number of nitrogens with one attached hydrogen (secondary N) is 1. The number of thiophene rings is 1. The molecule has 0 aliphatic heterocycles. The molecule has 1 unspecified atom stereocenters. The van der Waals surface area contributed by atoms with Crippen LogP contribution in [0.15, 0.2) is 24.3 Å². The Hall–Kier alpha value is -1.22. The molecule has 0 aromatic carbocycles. The van der Waals surface area contributed by atoms with Crippen molar-refractivity contribution in [3.63, 3.8) is 0 Å². The van der Waals surface area contributed by atoms with Gasteiger partial charge < -0.3 is 5.43 Å². The van der Waals surface area contributed by atoms with Crippen LogP contribution in [0.2, 0.25) is 0 Å². The molecule has 1 atom stereocenters. The Morgan fingerprint density at radius 2 is 1.69 bits per heavy atom. The molecule has 86 valence electrons. The van der Waals surface area contributed by atoms with Crippen LogP contribution in [0.4, 0.5) is 0 Å². The Balaban J connectivity index is 2.16. The molecule has 16 heavy (non-hydrogen) atoms. The molecule has 3 heteroatoms. The van der Waals surface area contributed by atoms with Gasteiger partial charge in [0.1, 0.15) is 0 Å². The first-order valence-electron chi connectivity index (χ1n) is 5.56. The van der Waals surface area contributed by atoms with E-state index in [1.165, 1.54) is 21.1 Å². The molecule has 2 aromatic heterocycles. The molecule has 1 N–H and O–H groups in total. The van der Waals surface area contributed by atoms with Gasteiger partial charge in [-0.3, -0.25) is 4.68 Å². The van der Waals surface area contributed by atoms with Crippen molar-refractivity contribution in [2.24, 2.45) is 0 Å². The molecular weight excluding hydrogens is 216 g/mol. The zero-order chi connectivity index (χ0) is 11.7. The van der Waals surface area contributed by atoms with Crippen molar-refractivity contribution >= 4 is 11.3 Å². The maximum absolute atomic E-state index is 3.52. The third-order valence-corrected chi connectivity index (χ3v) is 3.97. The van der Waals surface area contributed by atoms with Gasteiger partial charge in [-0.2, -0.15) is 0 Å². The van der Waals surface area contributed by atoms with Crippen LogP contribution in [0.1, 0.15) is 34.1 Å². The molecule has 0 amide bonds. The monoisotopic (exact) mass is 234 g/mol. The van der Waals surface area contributed by atoms with Gasteiger partial charge in [-0.1, -0.05) is 0 Å². The molecule has 0 fully saturated rings. The molecule has 0 radical (unpaired) electrons. The van der Waals surface area contributed by atoms with Gasteiger partial charge in [0.2, 0.25) is 0 Å². The average Bonchev–Trinajstić information content (AvgIpc) is 2.79. The van der Waals surface area contributed by atoms with Crippen LogP contribution >= 0.6 is 11.3 Å². The fourth-order valence-corrected chi connectivity index (χ4v) is 2.69. The van der Waals surface area contributed by atoms with E-state index in [4.69, 9.17) is 0 Å². The second-order valence-electron chi connectivity index (χ2n) is 4.25. The molecule has 0 spiro atoms. The van der Waals surface area contributed by atoms with Crippen molar-refractivity contribution < 1.29 is 0 Å². The molecule has 0 bridgehead atoms. The Morgan fingerprint density at radius 3 is 2.19 bits per heavy atom. The van der Waals surface area contributed by atoms with E-state index in [0.29, 0.717) is 6.04 Å². The Morgan fingerprint density at radius 1 is 1.06 bits per heavy atom. The van der Waals surface area contributed by atoms with Gasteiger partial charge in [0.15, 0.2) is 0 Å². The smallest absolute Gasteiger partial charge is 0.0738 e. The summed E-state index contributed by atoms with van der Waals surface area (Å²) in [5, 5.41) is 0. The van der Waals surface area contributed by atoms with Gasteiger partial charge in [-0.05, 0) is 52.0 Å². The van der Waals surface area contributed by atoms with Crippen molar-refractivity contribution in [3.8, 4) is 0 Å². The van der Waals surface area contributed by atoms with E-state index < -0.39 is 0 Å². The molecule has 2 rings (SSSR count). The fraction of sp³-hybridized carbons (Fsp3) is 0.385. The summed E-state index contributed by atoms with van der Waals surface area (Å²) in [4.78, 5) is 2.74. The van der Waals surface area contributed by atoms with E-state index in [-0.39, 0.29) is 0 Å². The summed E-state index contributed by atoms with van der Waals surface area (Å²) in [5.74, 6) is 0. The molecule has 0 saturated heterocycles. The maximum Gasteiger partial charge on any atom is 0.0738 e. The summed E-state index contributed by atoms with van der Waals surface area (Å²) in [7, 11) is 0. The molecular formula is C13H18N2S. The maximum atomic E-state index is 3.52. The van der Waals surface area contributed by atoms with Gasteiger partial charge >= 0.3 is 0 Å². The first-order valence-corrected chi connectivity index (χ1v) is 6.37. The van der Waals surface area contributed by atoms with Gasteiger partial charge in [-0.25, -0.2) is 0 Å². The highest BCUT2D eigenvalue weighted by Crippen LogP contribution is 2.23. The summed E-state index contributed by atoms with van der Waals surface area (Å²) < 4.78 is 2.15. The van der Waals surface area contributed by atoms with E-state index in [0.717, 1.165) is 0 Å². The van der Waals surface area contributed by atoms with Gasteiger partial charge in [0.05, 0.1) is 6.04 Å². The van der Waals surface area contributed by atoms with E-state index in [1.807, 2.05) is 11.3 Å². The molecule has 2 nitrogen and oxygen atoms in total. The zero-order valence-corrected chi connectivity index (χ0v) is 11.1. The Kier molecular flexibility index (Phi) is 3.06. The highest BCUT2D eigenvalue weighted by Gasteiger charge is 2.09. The van der Waals surface area contributed by atoms with Crippen molar-refractivity contribution in [2.75, 3.05) is 5.43 Å². The van der Waals surface area contributed by atoms with Crippen LogP contribution in [0, 0.1) is 20.8 Å². The Bertz CT molecular complexity index is 462. The molecule has 0 saturated carbocycles.